The fourth-order valence-corrected chi connectivity index (χ4v) is 2.56. The van der Waals surface area contributed by atoms with E-state index in [9.17, 15) is 0 Å². The second-order valence-electron chi connectivity index (χ2n) is 5.32. The molecule has 18 heavy (non-hydrogen) atoms. The van der Waals surface area contributed by atoms with Crippen LogP contribution in [0.25, 0.3) is 0 Å². The minimum Gasteiger partial charge on any atom is -0.394 e. The minimum absolute atomic E-state index is 0.0481. The fourth-order valence-electron chi connectivity index (χ4n) is 2.35. The second-order valence-corrected chi connectivity index (χ2v) is 5.66. The largest absolute Gasteiger partial charge is 0.394 e. The van der Waals surface area contributed by atoms with Crippen LogP contribution < -0.4 is 11.1 Å². The standard InChI is InChI=1S/C12H19ClN4O/c1-6-9(14)10(17-11(13)15-6)16-7-5-8(18-4)12(7,2)3/h7-8H,5,14H2,1-4H3,(H,15,16,17). The molecule has 0 radical (unpaired) electrons. The SMILES string of the molecule is COC1CC(Nc2nc(Cl)nc(C)c2N)C1(C)C. The van der Waals surface area contributed by atoms with Crippen LogP contribution in [0, 0.1) is 12.3 Å². The van der Waals surface area contributed by atoms with Crippen molar-refractivity contribution in [2.45, 2.75) is 39.3 Å². The van der Waals surface area contributed by atoms with Gasteiger partial charge >= 0.3 is 0 Å². The zero-order chi connectivity index (χ0) is 13.5. The monoisotopic (exact) mass is 270 g/mol. The Morgan fingerprint density at radius 3 is 2.67 bits per heavy atom. The number of nitrogens with one attached hydrogen (secondary N) is 1. The second kappa shape index (κ2) is 4.55. The molecule has 0 spiro atoms. The topological polar surface area (TPSA) is 73.1 Å². The summed E-state index contributed by atoms with van der Waals surface area (Å²) in [6, 6.07) is 0.273. The average Bonchev–Trinajstić information content (AvgIpc) is 2.29. The molecule has 1 heterocycles. The maximum atomic E-state index is 5.96. The Labute approximate surface area is 112 Å². The van der Waals surface area contributed by atoms with Crippen molar-refractivity contribution >= 4 is 23.1 Å². The molecule has 5 nitrogen and oxygen atoms in total. The molecule has 1 fully saturated rings. The van der Waals surface area contributed by atoms with Crippen LogP contribution in [0.2, 0.25) is 5.28 Å². The first kappa shape index (κ1) is 13.4. The van der Waals surface area contributed by atoms with Crippen LogP contribution in [0.5, 0.6) is 0 Å². The van der Waals surface area contributed by atoms with Crippen molar-refractivity contribution < 1.29 is 4.74 Å². The lowest BCUT2D eigenvalue weighted by Crippen LogP contribution is -2.57. The van der Waals surface area contributed by atoms with E-state index in [1.54, 1.807) is 7.11 Å². The van der Waals surface area contributed by atoms with Crippen LogP contribution in [0.4, 0.5) is 11.5 Å². The van der Waals surface area contributed by atoms with Crippen molar-refractivity contribution in [1.82, 2.24) is 9.97 Å². The van der Waals surface area contributed by atoms with Gasteiger partial charge in [-0.15, -0.1) is 0 Å². The molecule has 6 heteroatoms. The number of aromatic nitrogens is 2. The lowest BCUT2D eigenvalue weighted by molar-refractivity contribution is -0.0795. The molecule has 0 bridgehead atoms. The summed E-state index contributed by atoms with van der Waals surface area (Å²) in [6.45, 7) is 6.14. The molecule has 1 aliphatic carbocycles. The first-order valence-corrected chi connectivity index (χ1v) is 6.33. The zero-order valence-corrected chi connectivity index (χ0v) is 11.9. The summed E-state index contributed by atoms with van der Waals surface area (Å²) < 4.78 is 5.42. The van der Waals surface area contributed by atoms with Gasteiger partial charge in [0.05, 0.1) is 17.5 Å². The van der Waals surface area contributed by atoms with Crippen molar-refractivity contribution in [3.63, 3.8) is 0 Å². The molecule has 100 valence electrons. The van der Waals surface area contributed by atoms with E-state index in [1.807, 2.05) is 6.92 Å². The Kier molecular flexibility index (Phi) is 3.38. The van der Waals surface area contributed by atoms with Gasteiger partial charge in [-0.3, -0.25) is 0 Å². The number of anilines is 2. The smallest absolute Gasteiger partial charge is 0.224 e. The van der Waals surface area contributed by atoms with E-state index in [1.165, 1.54) is 0 Å². The third-order valence-corrected chi connectivity index (χ3v) is 4.05. The molecule has 1 aromatic rings. The Morgan fingerprint density at radius 1 is 1.44 bits per heavy atom. The number of nitrogens with zero attached hydrogens (tertiary/aromatic N) is 2. The van der Waals surface area contributed by atoms with Gasteiger partial charge in [0.2, 0.25) is 5.28 Å². The summed E-state index contributed by atoms with van der Waals surface area (Å²) in [5, 5.41) is 3.55. The molecule has 2 atom stereocenters. The van der Waals surface area contributed by atoms with Crippen LogP contribution in [0.3, 0.4) is 0 Å². The summed E-state index contributed by atoms with van der Waals surface area (Å²) in [4.78, 5) is 8.17. The van der Waals surface area contributed by atoms with E-state index >= 15 is 0 Å². The number of hydrogen-bond donors (Lipinski definition) is 2. The first-order valence-electron chi connectivity index (χ1n) is 5.95. The van der Waals surface area contributed by atoms with Gasteiger partial charge in [0.1, 0.15) is 0 Å². The van der Waals surface area contributed by atoms with E-state index < -0.39 is 0 Å². The predicted octanol–water partition coefficient (Wildman–Crippen LogP) is 2.25. The third kappa shape index (κ3) is 2.12. The zero-order valence-electron chi connectivity index (χ0n) is 11.1. The number of hydrogen-bond acceptors (Lipinski definition) is 5. The molecular formula is C12H19ClN4O. The van der Waals surface area contributed by atoms with E-state index in [-0.39, 0.29) is 22.8 Å². The van der Waals surface area contributed by atoms with Gasteiger partial charge in [-0.05, 0) is 24.9 Å². The average molecular weight is 271 g/mol. The van der Waals surface area contributed by atoms with Crippen molar-refractivity contribution in [1.29, 1.82) is 0 Å². The van der Waals surface area contributed by atoms with Gasteiger partial charge in [0, 0.05) is 18.6 Å². The Balaban J connectivity index is 2.17. The van der Waals surface area contributed by atoms with Gasteiger partial charge in [-0.25, -0.2) is 4.98 Å². The predicted molar refractivity (Wildman–Crippen MR) is 72.8 cm³/mol. The number of aryl methyl sites for hydroxylation is 1. The van der Waals surface area contributed by atoms with Crippen molar-refractivity contribution in [3.05, 3.63) is 11.0 Å². The summed E-state index contributed by atoms with van der Waals surface area (Å²) in [5.41, 5.74) is 7.25. The van der Waals surface area contributed by atoms with Crippen molar-refractivity contribution in [2.75, 3.05) is 18.2 Å². The molecule has 1 aliphatic rings. The van der Waals surface area contributed by atoms with Gasteiger partial charge in [0.15, 0.2) is 5.82 Å². The molecule has 0 saturated heterocycles. The highest BCUT2D eigenvalue weighted by molar-refractivity contribution is 6.28. The number of halogens is 1. The van der Waals surface area contributed by atoms with Crippen LogP contribution in [-0.4, -0.2) is 29.2 Å². The first-order chi connectivity index (χ1) is 8.36. The Bertz CT molecular complexity index is 464. The normalized spacial score (nSPS) is 25.6. The van der Waals surface area contributed by atoms with Gasteiger partial charge < -0.3 is 15.8 Å². The fraction of sp³-hybridized carbons (Fsp3) is 0.667. The number of ether oxygens (including phenoxy) is 1. The van der Waals surface area contributed by atoms with Crippen LogP contribution in [0.15, 0.2) is 0 Å². The molecule has 1 aromatic heterocycles. The van der Waals surface area contributed by atoms with Crippen molar-refractivity contribution in [3.8, 4) is 0 Å². The molecule has 0 amide bonds. The highest BCUT2D eigenvalue weighted by Gasteiger charge is 2.48. The molecule has 3 N–H and O–H groups in total. The lowest BCUT2D eigenvalue weighted by atomic mass is 9.64. The molecular weight excluding hydrogens is 252 g/mol. The minimum atomic E-state index is 0.0481. The van der Waals surface area contributed by atoms with Crippen LogP contribution in [0.1, 0.15) is 26.0 Å². The quantitative estimate of drug-likeness (QED) is 0.824. The van der Waals surface area contributed by atoms with E-state index in [4.69, 9.17) is 22.1 Å². The molecule has 2 rings (SSSR count). The number of nitrogens with two attached hydrogens (primary N) is 1. The third-order valence-electron chi connectivity index (χ3n) is 3.88. The maximum Gasteiger partial charge on any atom is 0.224 e. The van der Waals surface area contributed by atoms with Crippen LogP contribution in [-0.2, 0) is 4.74 Å². The van der Waals surface area contributed by atoms with Gasteiger partial charge in [0.25, 0.3) is 0 Å². The summed E-state index contributed by atoms with van der Waals surface area (Å²) in [6.07, 6.45) is 1.19. The number of methoxy groups -OCH3 is 1. The Hall–Kier alpha value is -1.07. The van der Waals surface area contributed by atoms with Gasteiger partial charge in [-0.1, -0.05) is 13.8 Å². The molecule has 0 aromatic carbocycles. The number of nitrogen functional groups attached to an aromatic ring is 1. The van der Waals surface area contributed by atoms with E-state index in [0.717, 1.165) is 6.42 Å². The van der Waals surface area contributed by atoms with Crippen molar-refractivity contribution in [2.24, 2.45) is 5.41 Å². The number of rotatable bonds is 3. The van der Waals surface area contributed by atoms with E-state index in [0.29, 0.717) is 17.2 Å². The highest BCUT2D eigenvalue weighted by Crippen LogP contribution is 2.44. The maximum absolute atomic E-state index is 5.96. The molecule has 1 saturated carbocycles. The molecule has 0 aliphatic heterocycles. The summed E-state index contributed by atoms with van der Waals surface area (Å²) in [5.74, 6) is 0.611. The molecule has 2 unspecified atom stereocenters. The summed E-state index contributed by atoms with van der Waals surface area (Å²) >= 11 is 5.85. The van der Waals surface area contributed by atoms with E-state index in [2.05, 4.69) is 29.1 Å². The van der Waals surface area contributed by atoms with Crippen LogP contribution >= 0.6 is 11.6 Å². The van der Waals surface area contributed by atoms with Gasteiger partial charge in [-0.2, -0.15) is 4.98 Å². The Morgan fingerprint density at radius 2 is 2.11 bits per heavy atom. The highest BCUT2D eigenvalue weighted by atomic mass is 35.5. The summed E-state index contributed by atoms with van der Waals surface area (Å²) in [7, 11) is 1.74. The lowest BCUT2D eigenvalue weighted by Gasteiger charge is -2.51.